The number of nitrogens with two attached hydrogens (primary N) is 1. The number of nitrogens with zero attached hydrogens (tertiary/aromatic N) is 3. The third-order valence-electron chi connectivity index (χ3n) is 9.81. The van der Waals surface area contributed by atoms with Crippen LogP contribution < -0.4 is 11.1 Å². The zero-order valence-corrected chi connectivity index (χ0v) is 29.2. The first-order valence-corrected chi connectivity index (χ1v) is 17.5. The molecule has 12 heteroatoms. The monoisotopic (exact) mass is 705 g/mol. The van der Waals surface area contributed by atoms with Gasteiger partial charge in [-0.3, -0.25) is 19.2 Å². The molecule has 1 heterocycles. The van der Waals surface area contributed by atoms with Gasteiger partial charge in [0.05, 0.1) is 18.2 Å². The van der Waals surface area contributed by atoms with Crippen LogP contribution in [0.4, 0.5) is 18.9 Å². The van der Waals surface area contributed by atoms with Gasteiger partial charge in [0.1, 0.15) is 0 Å². The molecule has 2 aliphatic rings. The van der Waals surface area contributed by atoms with Gasteiger partial charge in [0.2, 0.25) is 11.8 Å². The molecule has 1 aliphatic carbocycles. The topological polar surface area (TPSA) is 116 Å². The normalized spacial score (nSPS) is 16.5. The fraction of sp³-hybridized carbons (Fsp3) is 0.436. The van der Waals surface area contributed by atoms with E-state index in [1.807, 2.05) is 19.0 Å². The first-order valence-electron chi connectivity index (χ1n) is 17.5. The highest BCUT2D eigenvalue weighted by atomic mass is 19.4. The molecule has 0 bridgehead atoms. The number of hydrogen-bond acceptors (Lipinski definition) is 5. The van der Waals surface area contributed by atoms with Crippen molar-refractivity contribution >= 4 is 29.3 Å². The first kappa shape index (κ1) is 37.5. The van der Waals surface area contributed by atoms with Crippen molar-refractivity contribution in [3.05, 3.63) is 100 Å². The Morgan fingerprint density at radius 2 is 1.61 bits per heavy atom. The molecule has 1 saturated carbocycles. The van der Waals surface area contributed by atoms with E-state index in [1.54, 1.807) is 47.4 Å². The number of benzene rings is 3. The number of carbonyl (C=O) groups excluding carboxylic acids is 4. The maximum Gasteiger partial charge on any atom is 0.416 e. The van der Waals surface area contributed by atoms with Gasteiger partial charge in [-0.25, -0.2) is 0 Å². The molecule has 3 aromatic carbocycles. The van der Waals surface area contributed by atoms with Gasteiger partial charge >= 0.3 is 6.18 Å². The van der Waals surface area contributed by atoms with Crippen LogP contribution in [0.15, 0.2) is 66.7 Å². The van der Waals surface area contributed by atoms with E-state index in [-0.39, 0.29) is 30.8 Å². The fourth-order valence-electron chi connectivity index (χ4n) is 6.95. The van der Waals surface area contributed by atoms with Crippen molar-refractivity contribution < 1.29 is 32.3 Å². The molecule has 0 spiro atoms. The predicted octanol–water partition coefficient (Wildman–Crippen LogP) is 6.43. The second kappa shape index (κ2) is 16.5. The summed E-state index contributed by atoms with van der Waals surface area (Å²) in [5.41, 5.74) is 7.87. The second-order valence-corrected chi connectivity index (χ2v) is 13.9. The van der Waals surface area contributed by atoms with E-state index < -0.39 is 23.7 Å². The number of likely N-dealkylation sites (N-methyl/N-ethyl adjacent to an activating group) is 1. The Balaban J connectivity index is 1.37. The Morgan fingerprint density at radius 1 is 0.922 bits per heavy atom. The number of nitrogens with one attached hydrogen (secondary N) is 1. The smallest absolute Gasteiger partial charge is 0.368 e. The van der Waals surface area contributed by atoms with Gasteiger partial charge in [-0.2, -0.15) is 13.2 Å². The summed E-state index contributed by atoms with van der Waals surface area (Å²) < 4.78 is 40.2. The summed E-state index contributed by atoms with van der Waals surface area (Å²) in [6, 6.07) is 16.2. The molecule has 1 unspecified atom stereocenters. The number of hydrogen-bond donors (Lipinski definition) is 2. The Kier molecular flexibility index (Phi) is 12.2. The van der Waals surface area contributed by atoms with Crippen molar-refractivity contribution in [3.8, 4) is 0 Å². The summed E-state index contributed by atoms with van der Waals surface area (Å²) in [6.07, 6.45) is 3.07. The standard InChI is InChI=1S/C39H46F3N5O4/c1-45(2)20-21-46(25-35(43)48)37(50)29-11-8-27(9-12-29)24-47-34(28-13-16-31(17-14-28)39(40,41)42)22-30-15-18-32(23-33(30)38(47)51)44-36(49)19-10-26-6-4-3-5-7-26/h8-9,11-18,23,26,34H,3-7,10,19-22,24-25H2,1-2H3,(H2,43,48)(H,44,49). The van der Waals surface area contributed by atoms with Crippen LogP contribution in [-0.4, -0.2) is 72.1 Å². The van der Waals surface area contributed by atoms with E-state index in [0.717, 1.165) is 37.0 Å². The molecule has 5 rings (SSSR count). The number of halogens is 3. The molecule has 1 aliphatic heterocycles. The van der Waals surface area contributed by atoms with Crippen molar-refractivity contribution in [1.29, 1.82) is 0 Å². The maximum absolute atomic E-state index is 14.2. The maximum atomic E-state index is 14.2. The Bertz CT molecular complexity index is 1700. The number of rotatable bonds is 13. The van der Waals surface area contributed by atoms with Crippen molar-refractivity contribution in [2.45, 2.75) is 70.1 Å². The van der Waals surface area contributed by atoms with Crippen LogP contribution in [0.5, 0.6) is 0 Å². The molecule has 272 valence electrons. The highest BCUT2D eigenvalue weighted by Gasteiger charge is 2.35. The average Bonchev–Trinajstić information content (AvgIpc) is 3.10. The van der Waals surface area contributed by atoms with Gasteiger partial charge in [0.25, 0.3) is 11.8 Å². The van der Waals surface area contributed by atoms with Crippen molar-refractivity contribution in [2.24, 2.45) is 11.7 Å². The Hall–Kier alpha value is -4.71. The molecule has 0 aromatic heterocycles. The number of carbonyl (C=O) groups is 4. The molecule has 0 radical (unpaired) electrons. The minimum absolute atomic E-state index is 0.103. The lowest BCUT2D eigenvalue weighted by atomic mass is 9.86. The fourth-order valence-corrected chi connectivity index (χ4v) is 6.95. The number of anilines is 1. The van der Waals surface area contributed by atoms with Crippen LogP contribution in [-0.2, 0) is 28.7 Å². The van der Waals surface area contributed by atoms with Crippen LogP contribution in [0.3, 0.4) is 0 Å². The largest absolute Gasteiger partial charge is 0.416 e. The molecule has 1 atom stereocenters. The molecule has 3 aromatic rings. The minimum Gasteiger partial charge on any atom is -0.368 e. The van der Waals surface area contributed by atoms with E-state index in [9.17, 15) is 32.3 Å². The van der Waals surface area contributed by atoms with Gasteiger partial charge in [0, 0.05) is 42.9 Å². The predicted molar refractivity (Wildman–Crippen MR) is 189 cm³/mol. The van der Waals surface area contributed by atoms with Gasteiger partial charge in [0.15, 0.2) is 0 Å². The van der Waals surface area contributed by atoms with Crippen LogP contribution >= 0.6 is 0 Å². The Morgan fingerprint density at radius 3 is 2.24 bits per heavy atom. The van der Waals surface area contributed by atoms with E-state index >= 15 is 0 Å². The number of alkyl halides is 3. The second-order valence-electron chi connectivity index (χ2n) is 13.9. The highest BCUT2D eigenvalue weighted by Crippen LogP contribution is 2.37. The molecular weight excluding hydrogens is 659 g/mol. The molecule has 0 saturated heterocycles. The summed E-state index contributed by atoms with van der Waals surface area (Å²) >= 11 is 0. The van der Waals surface area contributed by atoms with Crippen LogP contribution in [0.1, 0.15) is 94.0 Å². The zero-order valence-electron chi connectivity index (χ0n) is 29.2. The van der Waals surface area contributed by atoms with Crippen LogP contribution in [0.25, 0.3) is 0 Å². The van der Waals surface area contributed by atoms with Crippen LogP contribution in [0.2, 0.25) is 0 Å². The van der Waals surface area contributed by atoms with E-state index in [4.69, 9.17) is 5.73 Å². The van der Waals surface area contributed by atoms with Crippen molar-refractivity contribution in [3.63, 3.8) is 0 Å². The third-order valence-corrected chi connectivity index (χ3v) is 9.81. The van der Waals surface area contributed by atoms with Crippen LogP contribution in [0, 0.1) is 5.92 Å². The molecule has 4 amide bonds. The summed E-state index contributed by atoms with van der Waals surface area (Å²) in [6.45, 7) is 0.721. The SMILES string of the molecule is CN(C)CCN(CC(N)=O)C(=O)c1ccc(CN2C(=O)c3cc(NC(=O)CCC4CCCCC4)ccc3CC2c2ccc(C(F)(F)F)cc2)cc1. The van der Waals surface area contributed by atoms with Crippen molar-refractivity contribution in [1.82, 2.24) is 14.7 Å². The molecule has 1 fully saturated rings. The van der Waals surface area contributed by atoms with Gasteiger partial charge in [-0.05, 0) is 85.9 Å². The lowest BCUT2D eigenvalue weighted by molar-refractivity contribution is -0.137. The van der Waals surface area contributed by atoms with Gasteiger partial charge in [-0.15, -0.1) is 0 Å². The number of primary amides is 1. The molecule has 3 N–H and O–H groups in total. The number of amides is 4. The highest BCUT2D eigenvalue weighted by molar-refractivity contribution is 6.00. The first-order chi connectivity index (χ1) is 24.3. The van der Waals surface area contributed by atoms with E-state index in [1.165, 1.54) is 36.3 Å². The molecular formula is C39H46F3N5O4. The lowest BCUT2D eigenvalue weighted by Crippen LogP contribution is -2.42. The number of fused-ring (bicyclic) bond motifs is 1. The third kappa shape index (κ3) is 9.96. The van der Waals surface area contributed by atoms with Gasteiger partial charge in [-0.1, -0.05) is 62.4 Å². The summed E-state index contributed by atoms with van der Waals surface area (Å²) in [7, 11) is 3.71. The molecule has 51 heavy (non-hydrogen) atoms. The minimum atomic E-state index is -4.50. The van der Waals surface area contributed by atoms with E-state index in [2.05, 4.69) is 5.32 Å². The average molecular weight is 706 g/mol. The van der Waals surface area contributed by atoms with Gasteiger partial charge < -0.3 is 25.8 Å². The summed E-state index contributed by atoms with van der Waals surface area (Å²) in [5, 5.41) is 2.95. The Labute approximate surface area is 297 Å². The van der Waals surface area contributed by atoms with E-state index in [0.29, 0.717) is 59.8 Å². The lowest BCUT2D eigenvalue weighted by Gasteiger charge is -2.37. The summed E-state index contributed by atoms with van der Waals surface area (Å²) in [4.78, 5) is 56.9. The molecule has 9 nitrogen and oxygen atoms in total. The summed E-state index contributed by atoms with van der Waals surface area (Å²) in [5.74, 6) is -0.847. The zero-order chi connectivity index (χ0) is 36.7. The quantitative estimate of drug-likeness (QED) is 0.213. The van der Waals surface area contributed by atoms with Crippen molar-refractivity contribution in [2.75, 3.05) is 39.0 Å².